The number of aromatic nitrogens is 4. The number of hydrogen-bond acceptors (Lipinski definition) is 6. The maximum atomic E-state index is 13.2. The van der Waals surface area contributed by atoms with Gasteiger partial charge < -0.3 is 15.0 Å². The zero-order valence-corrected chi connectivity index (χ0v) is 20.3. The Morgan fingerprint density at radius 3 is 2.86 bits per heavy atom. The van der Waals surface area contributed by atoms with E-state index < -0.39 is 0 Å². The number of nitrogens with zero attached hydrogens (tertiary/aromatic N) is 6. The first kappa shape index (κ1) is 23.8. The highest BCUT2D eigenvalue weighted by molar-refractivity contribution is 6.00. The smallest absolute Gasteiger partial charge is 0.254 e. The lowest BCUT2D eigenvalue weighted by Gasteiger charge is -2.33. The molecule has 0 spiro atoms. The molecule has 1 aliphatic rings. The van der Waals surface area contributed by atoms with E-state index in [0.717, 1.165) is 24.0 Å². The summed E-state index contributed by atoms with van der Waals surface area (Å²) in [7, 11) is 1.56. The zero-order chi connectivity index (χ0) is 25.9. The molecule has 2 amide bonds. The van der Waals surface area contributed by atoms with E-state index in [0.29, 0.717) is 41.2 Å². The van der Waals surface area contributed by atoms with E-state index in [-0.39, 0.29) is 17.9 Å². The minimum absolute atomic E-state index is 0.0237. The van der Waals surface area contributed by atoms with E-state index in [1.54, 1.807) is 42.1 Å². The van der Waals surface area contributed by atoms with Gasteiger partial charge in [-0.1, -0.05) is 12.6 Å². The van der Waals surface area contributed by atoms with Crippen LogP contribution in [0.2, 0.25) is 0 Å². The second-order valence-electron chi connectivity index (χ2n) is 8.79. The molecular formula is C27H25N7O3. The van der Waals surface area contributed by atoms with Gasteiger partial charge in [-0.15, -0.1) is 0 Å². The molecule has 0 bridgehead atoms. The first-order valence-electron chi connectivity index (χ1n) is 11.8. The van der Waals surface area contributed by atoms with Crippen molar-refractivity contribution < 1.29 is 14.3 Å². The fourth-order valence-corrected chi connectivity index (χ4v) is 4.63. The summed E-state index contributed by atoms with van der Waals surface area (Å²) >= 11 is 0. The monoisotopic (exact) mass is 495 g/mol. The number of carbonyl (C=O) groups excluding carboxylic acids is 2. The third-order valence-corrected chi connectivity index (χ3v) is 6.47. The predicted molar refractivity (Wildman–Crippen MR) is 137 cm³/mol. The summed E-state index contributed by atoms with van der Waals surface area (Å²) in [6.45, 7) is 4.63. The Morgan fingerprint density at radius 1 is 1.22 bits per heavy atom. The number of amides is 2. The lowest BCUT2D eigenvalue weighted by Crippen LogP contribution is -2.40. The molecule has 0 radical (unpaired) electrons. The first-order chi connectivity index (χ1) is 18.0. The summed E-state index contributed by atoms with van der Waals surface area (Å²) in [5.74, 6) is 0.140. The summed E-state index contributed by atoms with van der Waals surface area (Å²) < 4.78 is 9.06. The van der Waals surface area contributed by atoms with Gasteiger partial charge in [-0.2, -0.15) is 15.5 Å². The van der Waals surface area contributed by atoms with E-state index in [1.807, 2.05) is 28.0 Å². The van der Waals surface area contributed by atoms with Crippen LogP contribution < -0.4 is 10.1 Å². The topological polar surface area (TPSA) is 118 Å². The van der Waals surface area contributed by atoms with Crippen LogP contribution in [0, 0.1) is 11.3 Å². The number of nitrogens with one attached hydrogen (secondary N) is 1. The van der Waals surface area contributed by atoms with Crippen LogP contribution in [0.1, 0.15) is 34.8 Å². The molecule has 1 N–H and O–H groups in total. The first-order valence-corrected chi connectivity index (χ1v) is 11.8. The molecule has 186 valence electrons. The average Bonchev–Trinajstić information content (AvgIpc) is 3.60. The van der Waals surface area contributed by atoms with E-state index in [1.165, 1.54) is 12.3 Å². The molecule has 1 aromatic carbocycles. The Kier molecular flexibility index (Phi) is 6.43. The van der Waals surface area contributed by atoms with Gasteiger partial charge in [-0.25, -0.2) is 4.52 Å². The Morgan fingerprint density at radius 2 is 2.08 bits per heavy atom. The molecule has 4 aromatic rings. The van der Waals surface area contributed by atoms with Gasteiger partial charge in [0.25, 0.3) is 5.91 Å². The molecule has 0 unspecified atom stereocenters. The number of carbonyl (C=O) groups is 2. The van der Waals surface area contributed by atoms with Crippen LogP contribution in [-0.2, 0) is 4.79 Å². The summed E-state index contributed by atoms with van der Waals surface area (Å²) in [5.41, 5.74) is 3.86. The van der Waals surface area contributed by atoms with Crippen molar-refractivity contribution in [2.75, 3.05) is 25.5 Å². The van der Waals surface area contributed by atoms with Crippen molar-refractivity contribution in [2.24, 2.45) is 0 Å². The number of methoxy groups -OCH3 is 1. The van der Waals surface area contributed by atoms with Gasteiger partial charge in [0, 0.05) is 47.9 Å². The summed E-state index contributed by atoms with van der Waals surface area (Å²) in [5, 5.41) is 20.9. The van der Waals surface area contributed by atoms with E-state index >= 15 is 0 Å². The third kappa shape index (κ3) is 4.67. The van der Waals surface area contributed by atoms with E-state index in [4.69, 9.17) is 4.74 Å². The number of benzene rings is 1. The highest BCUT2D eigenvalue weighted by Crippen LogP contribution is 2.31. The van der Waals surface area contributed by atoms with Gasteiger partial charge in [0.2, 0.25) is 5.91 Å². The molecule has 1 saturated heterocycles. The van der Waals surface area contributed by atoms with Crippen LogP contribution in [-0.4, -0.2) is 56.3 Å². The summed E-state index contributed by atoms with van der Waals surface area (Å²) in [6.07, 6.45) is 10.0. The van der Waals surface area contributed by atoms with Crippen molar-refractivity contribution in [3.05, 3.63) is 78.9 Å². The van der Waals surface area contributed by atoms with Crippen molar-refractivity contribution in [1.29, 1.82) is 5.26 Å². The minimum atomic E-state index is -0.327. The molecule has 1 fully saturated rings. The standard InChI is InChI=1S/C27H25N7O3/c1-3-25(35)31-22-7-4-6-18(10-22)27(36)32-9-5-8-23(17-32)33-16-21(14-29-33)19-11-24(37-2)26-20(12-28)13-30-34(26)15-19/h3-4,6-7,10-11,13-16,23H,1,5,8-9,17H2,2H3,(H,31,35)/t23-/m1/s1. The quantitative estimate of drug-likeness (QED) is 0.408. The number of piperidine rings is 1. The molecule has 10 heteroatoms. The Balaban J connectivity index is 1.35. The normalized spacial score (nSPS) is 15.2. The molecular weight excluding hydrogens is 470 g/mol. The number of hydrogen-bond donors (Lipinski definition) is 1. The summed E-state index contributed by atoms with van der Waals surface area (Å²) in [4.78, 5) is 26.7. The van der Waals surface area contributed by atoms with Crippen LogP contribution in [0.25, 0.3) is 16.6 Å². The number of ether oxygens (including phenoxy) is 1. The fraction of sp³-hybridized carbons (Fsp3) is 0.222. The van der Waals surface area contributed by atoms with Crippen LogP contribution in [0.5, 0.6) is 5.75 Å². The van der Waals surface area contributed by atoms with Gasteiger partial charge in [-0.3, -0.25) is 14.3 Å². The minimum Gasteiger partial charge on any atom is -0.494 e. The highest BCUT2D eigenvalue weighted by atomic mass is 16.5. The van der Waals surface area contributed by atoms with Crippen molar-refractivity contribution in [3.8, 4) is 22.9 Å². The number of anilines is 1. The average molecular weight is 496 g/mol. The SMILES string of the molecule is C=CC(=O)Nc1cccc(C(=O)N2CCC[C@@H](n3cc(-c4cc(OC)c5c(C#N)cnn5c4)cn3)C2)c1. The zero-order valence-electron chi connectivity index (χ0n) is 20.3. The van der Waals surface area contributed by atoms with E-state index in [2.05, 4.69) is 28.2 Å². The maximum absolute atomic E-state index is 13.2. The molecule has 4 heterocycles. The van der Waals surface area contributed by atoms with Crippen LogP contribution in [0.3, 0.4) is 0 Å². The lowest BCUT2D eigenvalue weighted by atomic mass is 10.0. The number of nitriles is 1. The molecule has 0 saturated carbocycles. The van der Waals surface area contributed by atoms with Crippen molar-refractivity contribution in [1.82, 2.24) is 24.3 Å². The molecule has 0 aliphatic carbocycles. The Labute approximate surface area is 213 Å². The molecule has 5 rings (SSSR count). The molecule has 3 aromatic heterocycles. The van der Waals surface area contributed by atoms with E-state index in [9.17, 15) is 14.9 Å². The fourth-order valence-electron chi connectivity index (χ4n) is 4.63. The number of fused-ring (bicyclic) bond motifs is 1. The highest BCUT2D eigenvalue weighted by Gasteiger charge is 2.26. The Bertz CT molecular complexity index is 1550. The molecule has 37 heavy (non-hydrogen) atoms. The second kappa shape index (κ2) is 9.99. The van der Waals surface area contributed by atoms with Crippen LogP contribution in [0.4, 0.5) is 5.69 Å². The lowest BCUT2D eigenvalue weighted by molar-refractivity contribution is -0.111. The van der Waals surface area contributed by atoms with Gasteiger partial charge in [-0.05, 0) is 43.2 Å². The summed E-state index contributed by atoms with van der Waals surface area (Å²) in [6, 6.07) is 10.9. The van der Waals surface area contributed by atoms with Gasteiger partial charge in [0.05, 0.1) is 25.5 Å². The second-order valence-corrected chi connectivity index (χ2v) is 8.79. The largest absolute Gasteiger partial charge is 0.494 e. The third-order valence-electron chi connectivity index (χ3n) is 6.47. The van der Waals surface area contributed by atoms with Crippen molar-refractivity contribution >= 4 is 23.0 Å². The van der Waals surface area contributed by atoms with Crippen molar-refractivity contribution in [3.63, 3.8) is 0 Å². The maximum Gasteiger partial charge on any atom is 0.254 e. The number of likely N-dealkylation sites (tertiary alicyclic amines) is 1. The Hall–Kier alpha value is -4.91. The predicted octanol–water partition coefficient (Wildman–Crippen LogP) is 3.68. The molecule has 1 atom stereocenters. The van der Waals surface area contributed by atoms with Gasteiger partial charge in [0.15, 0.2) is 0 Å². The molecule has 1 aliphatic heterocycles. The van der Waals surface area contributed by atoms with Crippen LogP contribution >= 0.6 is 0 Å². The van der Waals surface area contributed by atoms with Crippen molar-refractivity contribution in [2.45, 2.75) is 18.9 Å². The van der Waals surface area contributed by atoms with Gasteiger partial charge in [0.1, 0.15) is 22.9 Å². The number of pyridine rings is 1. The number of rotatable bonds is 6. The van der Waals surface area contributed by atoms with Gasteiger partial charge >= 0.3 is 0 Å². The van der Waals surface area contributed by atoms with Crippen LogP contribution in [0.15, 0.2) is 67.8 Å². The molecule has 10 nitrogen and oxygen atoms in total.